The largest absolute Gasteiger partial charge is 0.310 e. The predicted octanol–water partition coefficient (Wildman–Crippen LogP) is 4.52. The number of nitriles is 1. The summed E-state index contributed by atoms with van der Waals surface area (Å²) in [6.45, 7) is 7.10. The van der Waals surface area contributed by atoms with E-state index in [9.17, 15) is 5.26 Å². The molecule has 0 unspecified atom stereocenters. The Bertz CT molecular complexity index is 639. The fourth-order valence-corrected chi connectivity index (χ4v) is 2.80. The lowest BCUT2D eigenvalue weighted by Gasteiger charge is -2.10. The van der Waals surface area contributed by atoms with Crippen molar-refractivity contribution < 1.29 is 0 Å². The molecular weight excluding hydrogens is 276 g/mol. The first-order valence-electron chi connectivity index (χ1n) is 7.09. The van der Waals surface area contributed by atoms with Crippen LogP contribution in [0.15, 0.2) is 52.3 Å². The summed E-state index contributed by atoms with van der Waals surface area (Å²) in [5, 5.41) is 12.7. The van der Waals surface area contributed by atoms with Gasteiger partial charge in [0.1, 0.15) is 6.07 Å². The normalized spacial score (nSPS) is 10.6. The summed E-state index contributed by atoms with van der Waals surface area (Å²) in [5.41, 5.74) is 3.13. The van der Waals surface area contributed by atoms with Crippen LogP contribution < -0.4 is 5.32 Å². The molecule has 0 heterocycles. The molecule has 0 fully saturated rings. The fraction of sp³-hybridized carbons (Fsp3) is 0.278. The van der Waals surface area contributed by atoms with E-state index in [1.807, 2.05) is 12.1 Å². The van der Waals surface area contributed by atoms with Crippen molar-refractivity contribution in [3.8, 4) is 6.07 Å². The van der Waals surface area contributed by atoms with Gasteiger partial charge in [0, 0.05) is 22.4 Å². The third-order valence-corrected chi connectivity index (χ3v) is 4.21. The first kappa shape index (κ1) is 15.6. The molecule has 1 N–H and O–H groups in total. The summed E-state index contributed by atoms with van der Waals surface area (Å²) in [7, 11) is 0. The van der Waals surface area contributed by atoms with Crippen LogP contribution in [0.2, 0.25) is 0 Å². The smallest absolute Gasteiger partial charge is 0.100 e. The molecule has 0 aliphatic carbocycles. The highest BCUT2D eigenvalue weighted by atomic mass is 32.2. The highest BCUT2D eigenvalue weighted by Gasteiger charge is 2.06. The minimum Gasteiger partial charge on any atom is -0.310 e. The molecule has 0 aliphatic rings. The van der Waals surface area contributed by atoms with Gasteiger partial charge in [-0.1, -0.05) is 49.4 Å². The van der Waals surface area contributed by atoms with Gasteiger partial charge in [0.05, 0.1) is 5.56 Å². The van der Waals surface area contributed by atoms with Crippen molar-refractivity contribution >= 4 is 11.8 Å². The maximum absolute atomic E-state index is 9.36. The third kappa shape index (κ3) is 4.63. The maximum atomic E-state index is 9.36. The van der Waals surface area contributed by atoms with E-state index in [0.717, 1.165) is 27.5 Å². The molecule has 0 amide bonds. The molecule has 0 aromatic heterocycles. The number of nitrogens with one attached hydrogen (secondary N) is 1. The highest BCUT2D eigenvalue weighted by molar-refractivity contribution is 7.99. The average molecular weight is 296 g/mol. The summed E-state index contributed by atoms with van der Waals surface area (Å²) >= 11 is 1.64. The summed E-state index contributed by atoms with van der Waals surface area (Å²) in [4.78, 5) is 2.17. The van der Waals surface area contributed by atoms with E-state index in [-0.39, 0.29) is 0 Å². The molecule has 21 heavy (non-hydrogen) atoms. The third-order valence-electron chi connectivity index (χ3n) is 3.13. The average Bonchev–Trinajstić information content (AvgIpc) is 2.48. The monoisotopic (exact) mass is 296 g/mol. The van der Waals surface area contributed by atoms with Crippen LogP contribution in [0.25, 0.3) is 0 Å². The van der Waals surface area contributed by atoms with Crippen LogP contribution in [0.3, 0.4) is 0 Å². The van der Waals surface area contributed by atoms with E-state index in [4.69, 9.17) is 0 Å². The zero-order valence-electron chi connectivity index (χ0n) is 12.7. The second-order valence-electron chi connectivity index (χ2n) is 5.39. The molecule has 0 spiro atoms. The van der Waals surface area contributed by atoms with E-state index in [1.54, 1.807) is 11.8 Å². The van der Waals surface area contributed by atoms with Crippen LogP contribution >= 0.6 is 11.8 Å². The Kier molecular flexibility index (Phi) is 5.44. The minimum atomic E-state index is 0.442. The summed E-state index contributed by atoms with van der Waals surface area (Å²) in [6, 6.07) is 17.2. The van der Waals surface area contributed by atoms with Crippen LogP contribution in [0.1, 0.15) is 30.5 Å². The summed E-state index contributed by atoms with van der Waals surface area (Å²) < 4.78 is 0. The maximum Gasteiger partial charge on any atom is 0.100 e. The Hall–Kier alpha value is -1.76. The first-order valence-corrected chi connectivity index (χ1v) is 7.91. The van der Waals surface area contributed by atoms with Crippen LogP contribution in [0, 0.1) is 18.3 Å². The second kappa shape index (κ2) is 7.31. The van der Waals surface area contributed by atoms with E-state index >= 15 is 0 Å². The van der Waals surface area contributed by atoms with Crippen LogP contribution in [-0.2, 0) is 6.54 Å². The van der Waals surface area contributed by atoms with E-state index in [0.29, 0.717) is 6.04 Å². The van der Waals surface area contributed by atoms with Gasteiger partial charge in [-0.2, -0.15) is 5.26 Å². The van der Waals surface area contributed by atoms with Crippen molar-refractivity contribution in [2.24, 2.45) is 0 Å². The molecule has 3 heteroatoms. The Balaban J connectivity index is 2.16. The second-order valence-corrected chi connectivity index (χ2v) is 6.51. The van der Waals surface area contributed by atoms with Crippen molar-refractivity contribution in [1.82, 2.24) is 5.32 Å². The van der Waals surface area contributed by atoms with Crippen LogP contribution in [0.4, 0.5) is 0 Å². The van der Waals surface area contributed by atoms with Gasteiger partial charge in [-0.05, 0) is 36.8 Å². The topological polar surface area (TPSA) is 35.8 Å². The molecule has 0 saturated heterocycles. The van der Waals surface area contributed by atoms with Crippen LogP contribution in [0.5, 0.6) is 0 Å². The molecule has 2 aromatic rings. The molecule has 0 radical (unpaired) electrons. The van der Waals surface area contributed by atoms with E-state index < -0.39 is 0 Å². The number of rotatable bonds is 5. The van der Waals surface area contributed by atoms with Gasteiger partial charge < -0.3 is 5.32 Å². The van der Waals surface area contributed by atoms with Gasteiger partial charge in [0.15, 0.2) is 0 Å². The highest BCUT2D eigenvalue weighted by Crippen LogP contribution is 2.30. The Morgan fingerprint density at radius 3 is 2.48 bits per heavy atom. The van der Waals surface area contributed by atoms with E-state index in [1.165, 1.54) is 5.56 Å². The van der Waals surface area contributed by atoms with Gasteiger partial charge in [0.25, 0.3) is 0 Å². The van der Waals surface area contributed by atoms with Crippen LogP contribution in [-0.4, -0.2) is 6.04 Å². The summed E-state index contributed by atoms with van der Waals surface area (Å²) in [6.07, 6.45) is 0. The lowest BCUT2D eigenvalue weighted by atomic mass is 10.1. The fourth-order valence-electron chi connectivity index (χ4n) is 1.92. The van der Waals surface area contributed by atoms with Crippen molar-refractivity contribution in [2.75, 3.05) is 0 Å². The van der Waals surface area contributed by atoms with Crippen molar-refractivity contribution in [3.05, 3.63) is 59.2 Å². The standard InChI is InChI=1S/C18H20N2S/c1-13(2)20-12-15-6-9-18(16(10-15)11-19)21-17-7-4-14(3)5-8-17/h4-10,13,20H,12H2,1-3H3. The molecule has 108 valence electrons. The van der Waals surface area contributed by atoms with Gasteiger partial charge in [0.2, 0.25) is 0 Å². The molecular formula is C18H20N2S. The number of aryl methyl sites for hydroxylation is 1. The van der Waals surface area contributed by atoms with Crippen molar-refractivity contribution in [2.45, 2.75) is 43.1 Å². The minimum absolute atomic E-state index is 0.442. The van der Waals surface area contributed by atoms with Crippen molar-refractivity contribution in [1.29, 1.82) is 5.26 Å². The molecule has 0 saturated carbocycles. The molecule has 0 atom stereocenters. The van der Waals surface area contributed by atoms with Gasteiger partial charge >= 0.3 is 0 Å². The Morgan fingerprint density at radius 2 is 1.86 bits per heavy atom. The zero-order valence-corrected chi connectivity index (χ0v) is 13.5. The number of nitrogens with zero attached hydrogens (tertiary/aromatic N) is 1. The molecule has 2 nitrogen and oxygen atoms in total. The lowest BCUT2D eigenvalue weighted by Crippen LogP contribution is -2.21. The molecule has 2 rings (SSSR count). The number of hydrogen-bond acceptors (Lipinski definition) is 3. The summed E-state index contributed by atoms with van der Waals surface area (Å²) in [5.74, 6) is 0. The molecule has 0 bridgehead atoms. The predicted molar refractivity (Wildman–Crippen MR) is 88.4 cm³/mol. The number of benzene rings is 2. The quantitative estimate of drug-likeness (QED) is 0.881. The molecule has 2 aromatic carbocycles. The van der Waals surface area contributed by atoms with Gasteiger partial charge in [-0.3, -0.25) is 0 Å². The van der Waals surface area contributed by atoms with E-state index in [2.05, 4.69) is 62.5 Å². The van der Waals surface area contributed by atoms with Gasteiger partial charge in [-0.15, -0.1) is 0 Å². The SMILES string of the molecule is Cc1ccc(Sc2ccc(CNC(C)C)cc2C#N)cc1. The molecule has 0 aliphatic heterocycles. The first-order chi connectivity index (χ1) is 10.1. The zero-order chi connectivity index (χ0) is 15.2. The van der Waals surface area contributed by atoms with Crippen molar-refractivity contribution in [3.63, 3.8) is 0 Å². The Labute approximate surface area is 131 Å². The van der Waals surface area contributed by atoms with Gasteiger partial charge in [-0.25, -0.2) is 0 Å². The Morgan fingerprint density at radius 1 is 1.14 bits per heavy atom. The number of hydrogen-bond donors (Lipinski definition) is 1. The lowest BCUT2D eigenvalue weighted by molar-refractivity contribution is 0.588.